The van der Waals surface area contributed by atoms with Crippen molar-refractivity contribution in [1.82, 2.24) is 5.32 Å². The number of aryl methyl sites for hydroxylation is 1. The second-order valence-electron chi connectivity index (χ2n) is 4.88. The summed E-state index contributed by atoms with van der Waals surface area (Å²) in [4.78, 5) is 1.61. The van der Waals surface area contributed by atoms with Gasteiger partial charge in [0.1, 0.15) is 0 Å². The molecule has 0 aliphatic heterocycles. The normalized spacial score (nSPS) is 18.9. The van der Waals surface area contributed by atoms with Gasteiger partial charge in [-0.1, -0.05) is 0 Å². The van der Waals surface area contributed by atoms with Gasteiger partial charge in [-0.15, -0.1) is 11.3 Å². The largest absolute Gasteiger partial charge is 0.385 e. The van der Waals surface area contributed by atoms with Crippen LogP contribution in [0.1, 0.15) is 48.6 Å². The molecule has 1 unspecified atom stereocenters. The van der Waals surface area contributed by atoms with E-state index in [1.54, 1.807) is 17.6 Å². The summed E-state index contributed by atoms with van der Waals surface area (Å²) < 4.78 is 6.50. The molecule has 0 amide bonds. The predicted molar refractivity (Wildman–Crippen MR) is 86.4 cm³/mol. The van der Waals surface area contributed by atoms with Crippen LogP contribution in [0, 0.1) is 2.88 Å². The number of ether oxygens (including phenoxy) is 1. The van der Waals surface area contributed by atoms with Crippen molar-refractivity contribution < 1.29 is 4.74 Å². The average molecular weight is 379 g/mol. The number of fused-ring (bicyclic) bond motifs is 1. The van der Waals surface area contributed by atoms with Gasteiger partial charge in [0.2, 0.25) is 0 Å². The number of unbranched alkanes of at least 4 members (excludes halogenated alkanes) is 2. The summed E-state index contributed by atoms with van der Waals surface area (Å²) in [5.41, 5.74) is 1.58. The molecule has 1 N–H and O–H groups in total. The zero-order valence-corrected chi connectivity index (χ0v) is 14.0. The molecule has 1 atom stereocenters. The fraction of sp³-hybridized carbons (Fsp3) is 0.714. The lowest BCUT2D eigenvalue weighted by Crippen LogP contribution is -2.25. The lowest BCUT2D eigenvalue weighted by atomic mass is 9.94. The number of hydrogen-bond acceptors (Lipinski definition) is 3. The first kappa shape index (κ1) is 14.8. The summed E-state index contributed by atoms with van der Waals surface area (Å²) in [5.74, 6) is 0. The average Bonchev–Trinajstić information content (AvgIpc) is 2.74. The Bertz CT molecular complexity index is 367. The molecule has 1 aliphatic carbocycles. The van der Waals surface area contributed by atoms with Gasteiger partial charge in [-0.05, 0) is 79.3 Å². The molecule has 0 bridgehead atoms. The van der Waals surface area contributed by atoms with Crippen LogP contribution in [0.25, 0.3) is 0 Å². The van der Waals surface area contributed by atoms with Crippen molar-refractivity contribution in [2.45, 2.75) is 44.6 Å². The first-order chi connectivity index (χ1) is 8.81. The van der Waals surface area contributed by atoms with Crippen LogP contribution in [0.4, 0.5) is 0 Å². The molecule has 2 nitrogen and oxygen atoms in total. The fourth-order valence-electron chi connectivity index (χ4n) is 2.56. The van der Waals surface area contributed by atoms with E-state index in [4.69, 9.17) is 4.74 Å². The van der Waals surface area contributed by atoms with E-state index < -0.39 is 0 Å². The van der Waals surface area contributed by atoms with Crippen LogP contribution in [0.5, 0.6) is 0 Å². The first-order valence-corrected chi connectivity index (χ1v) is 8.71. The van der Waals surface area contributed by atoms with E-state index >= 15 is 0 Å². The fourth-order valence-corrected chi connectivity index (χ4v) is 4.68. The molecule has 0 aromatic carbocycles. The van der Waals surface area contributed by atoms with E-state index in [0.29, 0.717) is 6.04 Å². The van der Waals surface area contributed by atoms with Crippen molar-refractivity contribution in [1.29, 1.82) is 0 Å². The van der Waals surface area contributed by atoms with Gasteiger partial charge in [0.15, 0.2) is 0 Å². The van der Waals surface area contributed by atoms with E-state index in [1.165, 1.54) is 41.4 Å². The SMILES string of the molecule is COCCCCCNC1CCCc2sc(I)cc21. The molecular formula is C14H22INOS. The van der Waals surface area contributed by atoms with E-state index in [9.17, 15) is 0 Å². The van der Waals surface area contributed by atoms with Gasteiger partial charge < -0.3 is 10.1 Å². The monoisotopic (exact) mass is 379 g/mol. The molecule has 1 aromatic heterocycles. The van der Waals surface area contributed by atoms with Crippen LogP contribution in [0.2, 0.25) is 0 Å². The third-order valence-electron chi connectivity index (χ3n) is 3.50. The molecule has 0 saturated heterocycles. The van der Waals surface area contributed by atoms with E-state index in [1.807, 2.05) is 11.3 Å². The van der Waals surface area contributed by atoms with Gasteiger partial charge in [0, 0.05) is 24.6 Å². The van der Waals surface area contributed by atoms with Gasteiger partial charge >= 0.3 is 0 Å². The Labute approximate surface area is 128 Å². The second-order valence-corrected chi connectivity index (χ2v) is 7.91. The molecule has 1 heterocycles. The Kier molecular flexibility index (Phi) is 6.41. The Hall–Kier alpha value is 0.350. The van der Waals surface area contributed by atoms with Crippen molar-refractivity contribution in [3.8, 4) is 0 Å². The number of nitrogens with one attached hydrogen (secondary N) is 1. The van der Waals surface area contributed by atoms with Crippen LogP contribution >= 0.6 is 33.9 Å². The maximum atomic E-state index is 5.07. The van der Waals surface area contributed by atoms with Crippen LogP contribution in [0.3, 0.4) is 0 Å². The number of hydrogen-bond donors (Lipinski definition) is 1. The molecule has 1 aromatic rings. The van der Waals surface area contributed by atoms with Crippen molar-refractivity contribution in [2.24, 2.45) is 0 Å². The molecule has 0 spiro atoms. The third-order valence-corrected chi connectivity index (χ3v) is 5.47. The van der Waals surface area contributed by atoms with Crippen LogP contribution < -0.4 is 5.32 Å². The van der Waals surface area contributed by atoms with Gasteiger partial charge in [-0.2, -0.15) is 0 Å². The second kappa shape index (κ2) is 7.82. The summed E-state index contributed by atoms with van der Waals surface area (Å²) in [7, 11) is 1.78. The quantitative estimate of drug-likeness (QED) is 0.568. The Morgan fingerprint density at radius 1 is 1.44 bits per heavy atom. The maximum Gasteiger partial charge on any atom is 0.0659 e. The summed E-state index contributed by atoms with van der Waals surface area (Å²) >= 11 is 4.42. The van der Waals surface area contributed by atoms with E-state index in [-0.39, 0.29) is 0 Å². The highest BCUT2D eigenvalue weighted by molar-refractivity contribution is 14.1. The molecule has 0 radical (unpaired) electrons. The van der Waals surface area contributed by atoms with E-state index in [0.717, 1.165) is 13.2 Å². The molecule has 0 saturated carbocycles. The van der Waals surface area contributed by atoms with Crippen molar-refractivity contribution in [2.75, 3.05) is 20.3 Å². The topological polar surface area (TPSA) is 21.3 Å². The molecule has 4 heteroatoms. The summed E-state index contributed by atoms with van der Waals surface area (Å²) in [6, 6.07) is 2.98. The Balaban J connectivity index is 1.74. The highest BCUT2D eigenvalue weighted by Gasteiger charge is 2.21. The summed E-state index contributed by atoms with van der Waals surface area (Å²) in [6.45, 7) is 2.04. The third kappa shape index (κ3) is 4.18. The highest BCUT2D eigenvalue weighted by Crippen LogP contribution is 2.36. The minimum atomic E-state index is 0.607. The zero-order valence-electron chi connectivity index (χ0n) is 11.0. The van der Waals surface area contributed by atoms with Gasteiger partial charge in [-0.3, -0.25) is 0 Å². The van der Waals surface area contributed by atoms with Gasteiger partial charge in [0.25, 0.3) is 0 Å². The number of halogens is 1. The van der Waals surface area contributed by atoms with E-state index in [2.05, 4.69) is 34.0 Å². The summed E-state index contributed by atoms with van der Waals surface area (Å²) in [6.07, 6.45) is 7.64. The lowest BCUT2D eigenvalue weighted by molar-refractivity contribution is 0.192. The van der Waals surface area contributed by atoms with Crippen LogP contribution in [-0.2, 0) is 11.2 Å². The smallest absolute Gasteiger partial charge is 0.0659 e. The van der Waals surface area contributed by atoms with Crippen LogP contribution in [0.15, 0.2) is 6.07 Å². The minimum Gasteiger partial charge on any atom is -0.385 e. The molecule has 1 aliphatic rings. The number of rotatable bonds is 7. The molecule has 0 fully saturated rings. The molecular weight excluding hydrogens is 357 g/mol. The molecule has 2 rings (SSSR count). The van der Waals surface area contributed by atoms with Gasteiger partial charge in [-0.25, -0.2) is 0 Å². The predicted octanol–water partition coefficient (Wildman–Crippen LogP) is 4.14. The standard InChI is InChI=1S/C14H22INOS/c1-17-9-4-2-3-8-16-12-6-5-7-13-11(12)10-14(15)18-13/h10,12,16H,2-9H2,1H3. The maximum absolute atomic E-state index is 5.07. The Morgan fingerprint density at radius 3 is 3.17 bits per heavy atom. The van der Waals surface area contributed by atoms with Crippen molar-refractivity contribution in [3.63, 3.8) is 0 Å². The van der Waals surface area contributed by atoms with Crippen molar-refractivity contribution >= 4 is 33.9 Å². The number of methoxy groups -OCH3 is 1. The summed E-state index contributed by atoms with van der Waals surface area (Å²) in [5, 5.41) is 3.73. The van der Waals surface area contributed by atoms with Crippen molar-refractivity contribution in [3.05, 3.63) is 19.4 Å². The van der Waals surface area contributed by atoms with Crippen LogP contribution in [-0.4, -0.2) is 20.3 Å². The minimum absolute atomic E-state index is 0.607. The first-order valence-electron chi connectivity index (χ1n) is 6.81. The zero-order chi connectivity index (χ0) is 12.8. The lowest BCUT2D eigenvalue weighted by Gasteiger charge is -2.23. The molecule has 102 valence electrons. The molecule has 18 heavy (non-hydrogen) atoms. The highest BCUT2D eigenvalue weighted by atomic mass is 127. The Morgan fingerprint density at radius 2 is 2.33 bits per heavy atom. The van der Waals surface area contributed by atoms with Gasteiger partial charge in [0.05, 0.1) is 2.88 Å². The number of thiophene rings is 1.